The first-order valence-electron chi connectivity index (χ1n) is 9.34. The largest absolute Gasteiger partial charge is 0.495 e. The molecular weight excluding hydrogens is 378 g/mol. The van der Waals surface area contributed by atoms with E-state index in [4.69, 9.17) is 20.8 Å². The summed E-state index contributed by atoms with van der Waals surface area (Å²) in [5.41, 5.74) is 2.41. The Morgan fingerprint density at radius 3 is 2.82 bits per heavy atom. The smallest absolute Gasteiger partial charge is 0.241 e. The molecule has 4 rings (SSSR count). The number of methoxy groups -OCH3 is 1. The Balaban J connectivity index is 1.33. The van der Waals surface area contributed by atoms with Crippen molar-refractivity contribution in [2.45, 2.75) is 18.8 Å². The average molecular weight is 400 g/mol. The zero-order valence-electron chi connectivity index (χ0n) is 15.7. The van der Waals surface area contributed by atoms with Gasteiger partial charge in [-0.2, -0.15) is 0 Å². The number of nitrogens with zero attached hydrogens (tertiary/aromatic N) is 2. The van der Waals surface area contributed by atoms with Gasteiger partial charge in [-0.25, -0.2) is 4.98 Å². The third-order valence-corrected chi connectivity index (χ3v) is 5.33. The van der Waals surface area contributed by atoms with Crippen molar-refractivity contribution in [3.63, 3.8) is 0 Å². The van der Waals surface area contributed by atoms with Crippen LogP contribution in [0.25, 0.3) is 11.1 Å². The molecule has 2 aromatic carbocycles. The summed E-state index contributed by atoms with van der Waals surface area (Å²) >= 11 is 6.04. The summed E-state index contributed by atoms with van der Waals surface area (Å²) in [6.07, 6.45) is 1.69. The zero-order valence-corrected chi connectivity index (χ0v) is 16.4. The highest BCUT2D eigenvalue weighted by Crippen LogP contribution is 2.30. The van der Waals surface area contributed by atoms with Gasteiger partial charge in [0.1, 0.15) is 11.3 Å². The molecule has 7 heteroatoms. The quantitative estimate of drug-likeness (QED) is 0.692. The molecule has 1 aromatic heterocycles. The number of nitrogens with one attached hydrogen (secondary N) is 1. The third-order valence-electron chi connectivity index (χ3n) is 5.10. The Hall–Kier alpha value is -2.73. The van der Waals surface area contributed by atoms with Crippen molar-refractivity contribution >= 4 is 34.3 Å². The van der Waals surface area contributed by atoms with Crippen LogP contribution in [0.2, 0.25) is 5.02 Å². The Morgan fingerprint density at radius 2 is 2.07 bits per heavy atom. The van der Waals surface area contributed by atoms with E-state index in [-0.39, 0.29) is 18.4 Å². The van der Waals surface area contributed by atoms with Crippen molar-refractivity contribution in [2.75, 3.05) is 32.1 Å². The molecular formula is C21H22ClN3O3. The summed E-state index contributed by atoms with van der Waals surface area (Å²) in [6, 6.07) is 13.1. The number of carbonyl (C=O) groups is 1. The number of aromatic nitrogens is 1. The lowest BCUT2D eigenvalue weighted by molar-refractivity contribution is -0.130. The van der Waals surface area contributed by atoms with Crippen LogP contribution >= 0.6 is 11.6 Å². The standard InChI is InChI=1S/C21H22ClN3O3/c1-27-18-7-6-15(22)12-17(18)23-13-20(26)25-10-8-14(9-11-25)21-24-16-4-2-3-5-19(16)28-21/h2-7,12,14,23H,8-11,13H2,1H3. The fourth-order valence-electron chi connectivity index (χ4n) is 3.54. The van der Waals surface area contributed by atoms with E-state index in [1.807, 2.05) is 29.2 Å². The van der Waals surface area contributed by atoms with Crippen LogP contribution in [-0.2, 0) is 4.79 Å². The maximum absolute atomic E-state index is 12.6. The van der Waals surface area contributed by atoms with Gasteiger partial charge in [-0.05, 0) is 43.2 Å². The maximum atomic E-state index is 12.6. The molecule has 1 N–H and O–H groups in total. The Bertz CT molecular complexity index is 947. The number of anilines is 1. The summed E-state index contributed by atoms with van der Waals surface area (Å²) in [7, 11) is 1.59. The van der Waals surface area contributed by atoms with Crippen molar-refractivity contribution in [2.24, 2.45) is 0 Å². The van der Waals surface area contributed by atoms with E-state index < -0.39 is 0 Å². The summed E-state index contributed by atoms with van der Waals surface area (Å²) in [4.78, 5) is 19.1. The first kappa shape index (κ1) is 18.6. The number of carbonyl (C=O) groups excluding carboxylic acids is 1. The second kappa shape index (κ2) is 8.10. The molecule has 2 heterocycles. The van der Waals surface area contributed by atoms with E-state index in [9.17, 15) is 4.79 Å². The third kappa shape index (κ3) is 3.92. The highest BCUT2D eigenvalue weighted by molar-refractivity contribution is 6.30. The molecule has 6 nitrogen and oxygen atoms in total. The Morgan fingerprint density at radius 1 is 1.29 bits per heavy atom. The number of hydrogen-bond donors (Lipinski definition) is 1. The van der Waals surface area contributed by atoms with Crippen molar-refractivity contribution in [1.29, 1.82) is 0 Å². The first-order chi connectivity index (χ1) is 13.6. The minimum Gasteiger partial charge on any atom is -0.495 e. The van der Waals surface area contributed by atoms with Gasteiger partial charge in [0.2, 0.25) is 5.91 Å². The van der Waals surface area contributed by atoms with Crippen LogP contribution in [0.15, 0.2) is 46.9 Å². The number of likely N-dealkylation sites (tertiary alicyclic amines) is 1. The summed E-state index contributed by atoms with van der Waals surface area (Å²) in [6.45, 7) is 1.58. The molecule has 0 saturated carbocycles. The van der Waals surface area contributed by atoms with Gasteiger partial charge >= 0.3 is 0 Å². The number of hydrogen-bond acceptors (Lipinski definition) is 5. The van der Waals surface area contributed by atoms with E-state index in [1.54, 1.807) is 25.3 Å². The molecule has 1 aliphatic rings. The van der Waals surface area contributed by atoms with Gasteiger partial charge < -0.3 is 19.4 Å². The topological polar surface area (TPSA) is 67.6 Å². The predicted octanol–water partition coefficient (Wildman–Crippen LogP) is 4.31. The lowest BCUT2D eigenvalue weighted by atomic mass is 9.97. The van der Waals surface area contributed by atoms with Crippen LogP contribution in [-0.4, -0.2) is 42.5 Å². The second-order valence-corrected chi connectivity index (χ2v) is 7.31. The van der Waals surface area contributed by atoms with Crippen LogP contribution in [0.1, 0.15) is 24.7 Å². The predicted molar refractivity (Wildman–Crippen MR) is 109 cm³/mol. The van der Waals surface area contributed by atoms with Crippen molar-refractivity contribution in [3.8, 4) is 5.75 Å². The van der Waals surface area contributed by atoms with E-state index in [1.165, 1.54) is 0 Å². The van der Waals surface area contributed by atoms with Gasteiger partial charge in [0, 0.05) is 24.0 Å². The molecule has 1 fully saturated rings. The van der Waals surface area contributed by atoms with Gasteiger partial charge in [-0.1, -0.05) is 23.7 Å². The number of halogens is 1. The molecule has 0 bridgehead atoms. The Kier molecular flexibility index (Phi) is 5.39. The highest BCUT2D eigenvalue weighted by atomic mass is 35.5. The van der Waals surface area contributed by atoms with E-state index in [2.05, 4.69) is 10.3 Å². The lowest BCUT2D eigenvalue weighted by Gasteiger charge is -2.30. The monoisotopic (exact) mass is 399 g/mol. The molecule has 0 aliphatic carbocycles. The minimum atomic E-state index is 0.0537. The average Bonchev–Trinajstić information content (AvgIpc) is 3.16. The van der Waals surface area contributed by atoms with Crippen LogP contribution in [0.4, 0.5) is 5.69 Å². The molecule has 146 valence electrons. The molecule has 1 amide bonds. The summed E-state index contributed by atoms with van der Waals surface area (Å²) in [5.74, 6) is 1.73. The van der Waals surface area contributed by atoms with E-state index >= 15 is 0 Å². The number of rotatable bonds is 5. The molecule has 0 atom stereocenters. The molecule has 28 heavy (non-hydrogen) atoms. The fourth-order valence-corrected chi connectivity index (χ4v) is 3.71. The van der Waals surface area contributed by atoms with Crippen molar-refractivity contribution in [3.05, 3.63) is 53.4 Å². The summed E-state index contributed by atoms with van der Waals surface area (Å²) < 4.78 is 11.2. The van der Waals surface area contributed by atoms with Crippen LogP contribution < -0.4 is 10.1 Å². The molecule has 3 aromatic rings. The van der Waals surface area contributed by atoms with Crippen molar-refractivity contribution < 1.29 is 13.9 Å². The van der Waals surface area contributed by atoms with Gasteiger partial charge in [-0.15, -0.1) is 0 Å². The van der Waals surface area contributed by atoms with Gasteiger partial charge in [0.25, 0.3) is 0 Å². The van der Waals surface area contributed by atoms with Crippen LogP contribution in [0, 0.1) is 0 Å². The number of piperidine rings is 1. The van der Waals surface area contributed by atoms with E-state index in [0.29, 0.717) is 29.5 Å². The fraction of sp³-hybridized carbons (Fsp3) is 0.333. The number of ether oxygens (including phenoxy) is 1. The molecule has 1 aliphatic heterocycles. The van der Waals surface area contributed by atoms with Gasteiger partial charge in [0.15, 0.2) is 11.5 Å². The number of benzene rings is 2. The highest BCUT2D eigenvalue weighted by Gasteiger charge is 2.27. The summed E-state index contributed by atoms with van der Waals surface area (Å²) in [5, 5.41) is 3.72. The first-order valence-corrected chi connectivity index (χ1v) is 9.72. The number of amides is 1. The molecule has 0 spiro atoms. The molecule has 0 radical (unpaired) electrons. The van der Waals surface area contributed by atoms with Crippen molar-refractivity contribution in [1.82, 2.24) is 9.88 Å². The zero-order chi connectivity index (χ0) is 19.5. The molecule has 1 saturated heterocycles. The molecule has 0 unspecified atom stereocenters. The number of fused-ring (bicyclic) bond motifs is 1. The van der Waals surface area contributed by atoms with E-state index in [0.717, 1.165) is 29.8 Å². The minimum absolute atomic E-state index is 0.0537. The van der Waals surface area contributed by atoms with Gasteiger partial charge in [-0.3, -0.25) is 4.79 Å². The van der Waals surface area contributed by atoms with Gasteiger partial charge in [0.05, 0.1) is 19.3 Å². The Labute approximate surface area is 168 Å². The number of oxazole rings is 1. The van der Waals surface area contributed by atoms with Crippen LogP contribution in [0.5, 0.6) is 5.75 Å². The number of para-hydroxylation sites is 2. The maximum Gasteiger partial charge on any atom is 0.241 e. The SMILES string of the molecule is COc1ccc(Cl)cc1NCC(=O)N1CCC(c2nc3ccccc3o2)CC1. The normalized spacial score (nSPS) is 15.0. The lowest BCUT2D eigenvalue weighted by Crippen LogP contribution is -2.41. The second-order valence-electron chi connectivity index (χ2n) is 6.87. The van der Waals surface area contributed by atoms with Crippen LogP contribution in [0.3, 0.4) is 0 Å².